The van der Waals surface area contributed by atoms with E-state index < -0.39 is 0 Å². The Hall–Kier alpha value is -1.81. The summed E-state index contributed by atoms with van der Waals surface area (Å²) in [6.07, 6.45) is 1.57. The summed E-state index contributed by atoms with van der Waals surface area (Å²) in [5, 5.41) is 10.1. The topological polar surface area (TPSA) is 79.1 Å². The highest BCUT2D eigenvalue weighted by molar-refractivity contribution is 6.10. The second-order valence-electron chi connectivity index (χ2n) is 3.03. The first-order valence-corrected chi connectivity index (χ1v) is 4.26. The maximum Gasteiger partial charge on any atom is 0.178 e. The molecule has 1 heterocycles. The van der Waals surface area contributed by atoms with E-state index in [4.69, 9.17) is 5.73 Å². The fourth-order valence-electron chi connectivity index (χ4n) is 1.50. The number of aromatic amines is 1. The maximum absolute atomic E-state index is 11.4. The van der Waals surface area contributed by atoms with Gasteiger partial charge in [0.05, 0.1) is 11.9 Å². The Balaban J connectivity index is 2.73. The number of benzene rings is 1. The molecule has 1 aromatic heterocycles. The Morgan fingerprint density at radius 3 is 3.00 bits per heavy atom. The number of nitrogens with two attached hydrogens (primary N) is 1. The molecular formula is C10H10N2O2. The Morgan fingerprint density at radius 2 is 2.29 bits per heavy atom. The average Bonchev–Trinajstić information content (AvgIpc) is 2.62. The van der Waals surface area contributed by atoms with Crippen LogP contribution < -0.4 is 5.73 Å². The minimum Gasteiger partial charge on any atom is -0.507 e. The number of aromatic nitrogens is 1. The van der Waals surface area contributed by atoms with Crippen molar-refractivity contribution in [1.82, 2.24) is 4.98 Å². The lowest BCUT2D eigenvalue weighted by Crippen LogP contribution is -2.12. The van der Waals surface area contributed by atoms with Gasteiger partial charge in [0.15, 0.2) is 5.78 Å². The zero-order chi connectivity index (χ0) is 10.1. The summed E-state index contributed by atoms with van der Waals surface area (Å²) >= 11 is 0. The highest BCUT2D eigenvalue weighted by Crippen LogP contribution is 2.27. The zero-order valence-corrected chi connectivity index (χ0v) is 7.45. The van der Waals surface area contributed by atoms with E-state index >= 15 is 0 Å². The first kappa shape index (κ1) is 8.77. The summed E-state index contributed by atoms with van der Waals surface area (Å²) in [7, 11) is 0. The summed E-state index contributed by atoms with van der Waals surface area (Å²) in [6, 6.07) is 5.05. The summed E-state index contributed by atoms with van der Waals surface area (Å²) in [6.45, 7) is -0.0543. The fraction of sp³-hybridized carbons (Fsp3) is 0.100. The summed E-state index contributed by atoms with van der Waals surface area (Å²) in [5.74, 6) is -0.0849. The normalized spacial score (nSPS) is 10.6. The van der Waals surface area contributed by atoms with Crippen LogP contribution in [0.4, 0.5) is 0 Å². The number of fused-ring (bicyclic) bond motifs is 1. The van der Waals surface area contributed by atoms with Crippen molar-refractivity contribution in [3.05, 3.63) is 30.0 Å². The van der Waals surface area contributed by atoms with E-state index in [1.807, 2.05) is 0 Å². The molecule has 0 fully saturated rings. The predicted octanol–water partition coefficient (Wildman–Crippen LogP) is 1.01. The van der Waals surface area contributed by atoms with E-state index in [1.54, 1.807) is 24.4 Å². The molecule has 0 saturated heterocycles. The minimum atomic E-state index is -0.183. The van der Waals surface area contributed by atoms with Crippen molar-refractivity contribution in [2.75, 3.05) is 6.54 Å². The highest BCUT2D eigenvalue weighted by atomic mass is 16.3. The van der Waals surface area contributed by atoms with Gasteiger partial charge in [-0.25, -0.2) is 0 Å². The zero-order valence-electron chi connectivity index (χ0n) is 7.45. The van der Waals surface area contributed by atoms with Gasteiger partial charge in [0.1, 0.15) is 5.75 Å². The van der Waals surface area contributed by atoms with Crippen LogP contribution in [0.2, 0.25) is 0 Å². The molecule has 0 aliphatic carbocycles. The number of phenolic OH excluding ortho intramolecular Hbond substituents is 1. The number of rotatable bonds is 2. The molecule has 0 aliphatic heterocycles. The van der Waals surface area contributed by atoms with Crippen LogP contribution in [0.15, 0.2) is 24.4 Å². The molecule has 0 bridgehead atoms. The van der Waals surface area contributed by atoms with Crippen molar-refractivity contribution < 1.29 is 9.90 Å². The van der Waals surface area contributed by atoms with E-state index in [1.165, 1.54) is 0 Å². The van der Waals surface area contributed by atoms with Gasteiger partial charge in [-0.05, 0) is 12.1 Å². The second kappa shape index (κ2) is 3.16. The van der Waals surface area contributed by atoms with Crippen LogP contribution in [0.25, 0.3) is 10.9 Å². The van der Waals surface area contributed by atoms with Crippen molar-refractivity contribution in [3.63, 3.8) is 0 Å². The smallest absolute Gasteiger partial charge is 0.178 e. The number of ketones is 1. The summed E-state index contributed by atoms with van der Waals surface area (Å²) in [4.78, 5) is 14.3. The van der Waals surface area contributed by atoms with Gasteiger partial charge in [-0.3, -0.25) is 4.79 Å². The lowest BCUT2D eigenvalue weighted by atomic mass is 10.1. The van der Waals surface area contributed by atoms with E-state index in [0.29, 0.717) is 10.9 Å². The number of hydrogen-bond acceptors (Lipinski definition) is 3. The molecule has 0 atom stereocenters. The van der Waals surface area contributed by atoms with E-state index in [2.05, 4.69) is 4.98 Å². The van der Waals surface area contributed by atoms with Crippen LogP contribution in [0.3, 0.4) is 0 Å². The average molecular weight is 190 g/mol. The van der Waals surface area contributed by atoms with Crippen LogP contribution in [0.5, 0.6) is 5.75 Å². The van der Waals surface area contributed by atoms with E-state index in [-0.39, 0.29) is 18.1 Å². The number of aromatic hydroxyl groups is 1. The molecule has 0 unspecified atom stereocenters. The van der Waals surface area contributed by atoms with Gasteiger partial charge in [-0.2, -0.15) is 0 Å². The number of hydrogen-bond donors (Lipinski definition) is 3. The van der Waals surface area contributed by atoms with Crippen LogP contribution in [0, 0.1) is 0 Å². The van der Waals surface area contributed by atoms with Crippen molar-refractivity contribution in [1.29, 1.82) is 0 Å². The van der Waals surface area contributed by atoms with E-state index in [9.17, 15) is 9.90 Å². The lowest BCUT2D eigenvalue weighted by Gasteiger charge is -1.97. The van der Waals surface area contributed by atoms with Crippen LogP contribution in [-0.2, 0) is 0 Å². The van der Waals surface area contributed by atoms with Gasteiger partial charge in [-0.1, -0.05) is 6.07 Å². The molecule has 0 amide bonds. The molecule has 4 heteroatoms. The minimum absolute atomic E-state index is 0.0543. The third-order valence-corrected chi connectivity index (χ3v) is 2.17. The number of nitrogens with one attached hydrogen (secondary N) is 1. The first-order valence-electron chi connectivity index (χ1n) is 4.26. The Bertz CT molecular complexity index is 488. The Kier molecular flexibility index (Phi) is 1.98. The molecule has 4 nitrogen and oxygen atoms in total. The van der Waals surface area contributed by atoms with Crippen LogP contribution in [0.1, 0.15) is 10.4 Å². The van der Waals surface area contributed by atoms with Gasteiger partial charge in [0.2, 0.25) is 0 Å². The maximum atomic E-state index is 11.4. The molecule has 1 aromatic carbocycles. The van der Waals surface area contributed by atoms with Crippen molar-refractivity contribution >= 4 is 16.7 Å². The quantitative estimate of drug-likeness (QED) is 0.618. The molecule has 2 rings (SSSR count). The van der Waals surface area contributed by atoms with Gasteiger partial charge in [0.25, 0.3) is 0 Å². The third-order valence-electron chi connectivity index (χ3n) is 2.17. The van der Waals surface area contributed by atoms with Gasteiger partial charge in [0, 0.05) is 17.3 Å². The van der Waals surface area contributed by atoms with Crippen LogP contribution >= 0.6 is 0 Å². The SMILES string of the molecule is NCC(=O)c1c[nH]c2cccc(O)c12. The van der Waals surface area contributed by atoms with Gasteiger partial charge >= 0.3 is 0 Å². The predicted molar refractivity (Wildman–Crippen MR) is 53.3 cm³/mol. The second-order valence-corrected chi connectivity index (χ2v) is 3.03. The standard InChI is InChI=1S/C10H10N2O2/c11-4-9(14)6-5-12-7-2-1-3-8(13)10(6)7/h1-3,5,12-13H,4,11H2. The van der Waals surface area contributed by atoms with Gasteiger partial charge < -0.3 is 15.8 Å². The summed E-state index contributed by atoms with van der Waals surface area (Å²) < 4.78 is 0. The molecular weight excluding hydrogens is 180 g/mol. The van der Waals surface area contributed by atoms with Crippen LogP contribution in [-0.4, -0.2) is 22.4 Å². The fourth-order valence-corrected chi connectivity index (χ4v) is 1.50. The number of H-pyrrole nitrogens is 1. The van der Waals surface area contributed by atoms with Crippen molar-refractivity contribution in [3.8, 4) is 5.75 Å². The number of carbonyl (C=O) groups is 1. The van der Waals surface area contributed by atoms with E-state index in [0.717, 1.165) is 5.52 Å². The first-order chi connectivity index (χ1) is 6.74. The molecule has 4 N–H and O–H groups in total. The molecule has 0 radical (unpaired) electrons. The lowest BCUT2D eigenvalue weighted by molar-refractivity contribution is 0.100. The molecule has 0 saturated carbocycles. The molecule has 14 heavy (non-hydrogen) atoms. The van der Waals surface area contributed by atoms with Crippen molar-refractivity contribution in [2.45, 2.75) is 0 Å². The largest absolute Gasteiger partial charge is 0.507 e. The monoisotopic (exact) mass is 190 g/mol. The molecule has 2 aromatic rings. The number of carbonyl (C=O) groups excluding carboxylic acids is 1. The Morgan fingerprint density at radius 1 is 1.50 bits per heavy atom. The molecule has 72 valence electrons. The highest BCUT2D eigenvalue weighted by Gasteiger charge is 2.12. The Labute approximate surface area is 80.3 Å². The molecule has 0 aliphatic rings. The number of Topliss-reactive ketones (excluding diaryl/α,β-unsaturated/α-hetero) is 1. The van der Waals surface area contributed by atoms with Crippen molar-refractivity contribution in [2.24, 2.45) is 5.73 Å². The van der Waals surface area contributed by atoms with Gasteiger partial charge in [-0.15, -0.1) is 0 Å². The molecule has 0 spiro atoms. The number of phenols is 1. The summed E-state index contributed by atoms with van der Waals surface area (Å²) in [5.41, 5.74) is 6.44. The third kappa shape index (κ3) is 1.16.